The van der Waals surface area contributed by atoms with E-state index in [4.69, 9.17) is 17.2 Å². The third kappa shape index (κ3) is 7.32. The fourth-order valence-corrected chi connectivity index (χ4v) is 5.04. The minimum Gasteiger partial charge on any atom is -0.343 e. The summed E-state index contributed by atoms with van der Waals surface area (Å²) in [4.78, 5) is 40.6. The lowest BCUT2D eigenvalue weighted by atomic mass is 10.0. The van der Waals surface area contributed by atoms with Gasteiger partial charge in [0.05, 0.1) is 12.5 Å². The summed E-state index contributed by atoms with van der Waals surface area (Å²) in [6.45, 7) is 1.23. The number of carbonyl (C=O) groups is 3. The first-order valence-electron chi connectivity index (χ1n) is 13.7. The number of hydrogen-bond donors (Lipinski definition) is 5. The van der Waals surface area contributed by atoms with E-state index in [0.717, 1.165) is 23.1 Å². The summed E-state index contributed by atoms with van der Waals surface area (Å²) in [7, 11) is 0. The molecule has 0 aliphatic heterocycles. The number of amides is 3. The second kappa shape index (κ2) is 13.8. The van der Waals surface area contributed by atoms with Gasteiger partial charge in [0.1, 0.15) is 6.04 Å². The van der Waals surface area contributed by atoms with E-state index in [1.165, 1.54) is 16.0 Å². The minimum absolute atomic E-state index is 0.204. The predicted molar refractivity (Wildman–Crippen MR) is 157 cm³/mol. The summed E-state index contributed by atoms with van der Waals surface area (Å²) < 4.78 is 0. The van der Waals surface area contributed by atoms with Gasteiger partial charge in [-0.15, -0.1) is 0 Å². The van der Waals surface area contributed by atoms with Crippen molar-refractivity contribution in [3.63, 3.8) is 0 Å². The van der Waals surface area contributed by atoms with Gasteiger partial charge in [-0.05, 0) is 59.2 Å². The molecule has 1 aliphatic rings. The first-order chi connectivity index (χ1) is 19.4. The Morgan fingerprint density at radius 2 is 1.50 bits per heavy atom. The summed E-state index contributed by atoms with van der Waals surface area (Å²) in [6, 6.07) is 21.9. The molecule has 0 radical (unpaired) electrons. The monoisotopic (exact) mass is 542 g/mol. The highest BCUT2D eigenvalue weighted by molar-refractivity contribution is 5.99. The van der Waals surface area contributed by atoms with Crippen molar-refractivity contribution in [1.82, 2.24) is 10.2 Å². The van der Waals surface area contributed by atoms with E-state index in [9.17, 15) is 14.4 Å². The Kier molecular flexibility index (Phi) is 10.0. The van der Waals surface area contributed by atoms with Gasteiger partial charge in [0.2, 0.25) is 17.7 Å². The highest BCUT2D eigenvalue weighted by Gasteiger charge is 2.27. The van der Waals surface area contributed by atoms with Crippen molar-refractivity contribution in [1.29, 1.82) is 0 Å². The van der Waals surface area contributed by atoms with Crippen LogP contribution in [0.2, 0.25) is 0 Å². The van der Waals surface area contributed by atoms with Crippen molar-refractivity contribution >= 4 is 23.4 Å². The van der Waals surface area contributed by atoms with Crippen LogP contribution in [0, 0.1) is 0 Å². The van der Waals surface area contributed by atoms with Gasteiger partial charge in [-0.1, -0.05) is 60.7 Å². The number of fused-ring (bicyclic) bond motifs is 3. The maximum atomic E-state index is 13.4. The van der Waals surface area contributed by atoms with Gasteiger partial charge < -0.3 is 32.7 Å². The molecule has 0 fully saturated rings. The van der Waals surface area contributed by atoms with Gasteiger partial charge in [0.25, 0.3) is 0 Å². The van der Waals surface area contributed by atoms with Gasteiger partial charge >= 0.3 is 0 Å². The lowest BCUT2D eigenvalue weighted by Crippen LogP contribution is -2.52. The van der Waals surface area contributed by atoms with Crippen LogP contribution in [0.25, 0.3) is 11.1 Å². The molecule has 4 rings (SSSR count). The molecule has 0 saturated carbocycles. The van der Waals surface area contributed by atoms with Gasteiger partial charge in [-0.2, -0.15) is 0 Å². The standard InChI is InChI=1S/C31H38N6O3/c32-14-16-37(17-15-33)29(38)20-27(34)30(39)36-28(13-10-21-6-2-1-3-7-21)31(40)35-24-11-12-26-23(19-24)18-22-8-4-5-9-25(22)26/h1-9,11-12,19,27-28H,10,13-18,20,32-34H2,(H,35,40)(H,36,39)/t27-,28-/m0/s1. The molecule has 3 amide bonds. The number of benzene rings is 3. The summed E-state index contributed by atoms with van der Waals surface area (Å²) >= 11 is 0. The fourth-order valence-electron chi connectivity index (χ4n) is 5.04. The second-order valence-electron chi connectivity index (χ2n) is 10.0. The molecule has 2 atom stereocenters. The van der Waals surface area contributed by atoms with Crippen molar-refractivity contribution in [2.45, 2.75) is 37.8 Å². The maximum Gasteiger partial charge on any atom is 0.246 e. The van der Waals surface area contributed by atoms with Crippen molar-refractivity contribution in [3.05, 3.63) is 89.5 Å². The zero-order chi connectivity index (χ0) is 28.5. The number of rotatable bonds is 13. The van der Waals surface area contributed by atoms with E-state index in [2.05, 4.69) is 22.8 Å². The second-order valence-corrected chi connectivity index (χ2v) is 10.0. The predicted octanol–water partition coefficient (Wildman–Crippen LogP) is 1.78. The number of aryl methyl sites for hydroxylation is 1. The van der Waals surface area contributed by atoms with Crippen molar-refractivity contribution in [2.24, 2.45) is 17.2 Å². The van der Waals surface area contributed by atoms with Crippen molar-refractivity contribution in [2.75, 3.05) is 31.5 Å². The fraction of sp³-hybridized carbons (Fsp3) is 0.323. The Morgan fingerprint density at radius 1 is 0.825 bits per heavy atom. The molecule has 210 valence electrons. The number of nitrogens with one attached hydrogen (secondary N) is 2. The first-order valence-corrected chi connectivity index (χ1v) is 13.7. The van der Waals surface area contributed by atoms with Crippen molar-refractivity contribution in [3.8, 4) is 11.1 Å². The molecule has 9 heteroatoms. The summed E-state index contributed by atoms with van der Waals surface area (Å²) in [5, 5.41) is 5.76. The van der Waals surface area contributed by atoms with E-state index in [-0.39, 0.29) is 31.3 Å². The Hall–Kier alpha value is -4.05. The van der Waals surface area contributed by atoms with E-state index >= 15 is 0 Å². The molecule has 0 bridgehead atoms. The number of hydrogen-bond acceptors (Lipinski definition) is 6. The molecule has 3 aromatic carbocycles. The summed E-state index contributed by atoms with van der Waals surface area (Å²) in [5.41, 5.74) is 23.8. The topological polar surface area (TPSA) is 157 Å². The van der Waals surface area contributed by atoms with Crippen LogP contribution in [0.1, 0.15) is 29.5 Å². The average molecular weight is 543 g/mol. The summed E-state index contributed by atoms with van der Waals surface area (Å²) in [6.07, 6.45) is 1.54. The molecule has 0 saturated heterocycles. The van der Waals surface area contributed by atoms with E-state index in [1.54, 1.807) is 0 Å². The molecular formula is C31H38N6O3. The van der Waals surface area contributed by atoms with Crippen LogP contribution in [-0.2, 0) is 27.2 Å². The molecular weight excluding hydrogens is 504 g/mol. The molecule has 40 heavy (non-hydrogen) atoms. The Bertz CT molecular complexity index is 1320. The van der Waals surface area contributed by atoms with Crippen LogP contribution >= 0.6 is 0 Å². The maximum absolute atomic E-state index is 13.4. The highest BCUT2D eigenvalue weighted by Crippen LogP contribution is 2.37. The summed E-state index contributed by atoms with van der Waals surface area (Å²) in [5.74, 6) is -1.21. The molecule has 0 spiro atoms. The number of carbonyl (C=O) groups excluding carboxylic acids is 3. The zero-order valence-corrected chi connectivity index (χ0v) is 22.6. The Balaban J connectivity index is 1.44. The van der Waals surface area contributed by atoms with Crippen LogP contribution in [0.15, 0.2) is 72.8 Å². The quantitative estimate of drug-likeness (QED) is 0.173. The van der Waals surface area contributed by atoms with Gasteiger partial charge in [-0.25, -0.2) is 0 Å². The lowest BCUT2D eigenvalue weighted by Gasteiger charge is -2.24. The van der Waals surface area contributed by atoms with Gasteiger partial charge in [-0.3, -0.25) is 14.4 Å². The molecule has 1 aliphatic carbocycles. The average Bonchev–Trinajstić information content (AvgIpc) is 3.33. The third-order valence-electron chi connectivity index (χ3n) is 7.14. The highest BCUT2D eigenvalue weighted by atomic mass is 16.2. The van der Waals surface area contributed by atoms with Gasteiger partial charge in [0, 0.05) is 31.9 Å². The molecule has 0 aromatic heterocycles. The van der Waals surface area contributed by atoms with E-state index < -0.39 is 18.0 Å². The van der Waals surface area contributed by atoms with Crippen LogP contribution in [0.4, 0.5) is 5.69 Å². The number of nitrogens with zero attached hydrogens (tertiary/aromatic N) is 1. The molecule has 8 N–H and O–H groups in total. The molecule has 3 aromatic rings. The molecule has 0 heterocycles. The smallest absolute Gasteiger partial charge is 0.246 e. The van der Waals surface area contributed by atoms with Crippen molar-refractivity contribution < 1.29 is 14.4 Å². The van der Waals surface area contributed by atoms with Crippen LogP contribution in [0.3, 0.4) is 0 Å². The Labute approximate surface area is 235 Å². The van der Waals surface area contributed by atoms with Crippen LogP contribution in [-0.4, -0.2) is 60.9 Å². The number of nitrogens with two attached hydrogens (primary N) is 3. The van der Waals surface area contributed by atoms with Crippen LogP contribution in [0.5, 0.6) is 0 Å². The third-order valence-corrected chi connectivity index (χ3v) is 7.14. The van der Waals surface area contributed by atoms with E-state index in [1.807, 2.05) is 60.7 Å². The first kappa shape index (κ1) is 28.9. The van der Waals surface area contributed by atoms with E-state index in [0.29, 0.717) is 31.6 Å². The normalized spacial score (nSPS) is 13.1. The molecule has 0 unspecified atom stereocenters. The van der Waals surface area contributed by atoms with Crippen LogP contribution < -0.4 is 27.8 Å². The molecule has 9 nitrogen and oxygen atoms in total. The largest absolute Gasteiger partial charge is 0.343 e. The SMILES string of the molecule is NCCN(CCN)C(=O)C[C@H](N)C(=O)N[C@@H](CCc1ccccc1)C(=O)Nc1ccc2c(c1)Cc1ccccc1-2. The number of anilines is 1. The lowest BCUT2D eigenvalue weighted by molar-refractivity contribution is -0.134. The Morgan fingerprint density at radius 3 is 2.23 bits per heavy atom. The minimum atomic E-state index is -1.11. The van der Waals surface area contributed by atoms with Gasteiger partial charge in [0.15, 0.2) is 0 Å². The zero-order valence-electron chi connectivity index (χ0n) is 22.6.